The Labute approximate surface area is 121 Å². The molecule has 9 heteroatoms. The number of rotatable bonds is 3. The minimum Gasteiger partial charge on any atom is -0.277 e. The highest BCUT2D eigenvalue weighted by molar-refractivity contribution is 9.10. The van der Waals surface area contributed by atoms with Crippen LogP contribution in [0.1, 0.15) is 0 Å². The van der Waals surface area contributed by atoms with Crippen molar-refractivity contribution in [3.05, 3.63) is 33.3 Å². The van der Waals surface area contributed by atoms with Crippen LogP contribution in [-0.2, 0) is 17.1 Å². The molecule has 6 nitrogen and oxygen atoms in total. The highest BCUT2D eigenvalue weighted by Crippen LogP contribution is 2.26. The van der Waals surface area contributed by atoms with Crippen molar-refractivity contribution in [2.45, 2.75) is 5.03 Å². The molecule has 1 N–H and O–H groups in total. The third kappa shape index (κ3) is 2.57. The second-order valence-electron chi connectivity index (χ2n) is 3.39. The Bertz CT molecular complexity index is 664. The van der Waals surface area contributed by atoms with Gasteiger partial charge >= 0.3 is 0 Å². The van der Waals surface area contributed by atoms with Gasteiger partial charge in [0.1, 0.15) is 0 Å². The summed E-state index contributed by atoms with van der Waals surface area (Å²) in [7, 11) is -2.24. The van der Waals surface area contributed by atoms with Crippen molar-refractivity contribution < 1.29 is 8.42 Å². The van der Waals surface area contributed by atoms with Crippen LogP contribution in [0.5, 0.6) is 0 Å². The van der Waals surface area contributed by atoms with Gasteiger partial charge < -0.3 is 0 Å². The van der Waals surface area contributed by atoms with E-state index in [1.54, 1.807) is 24.3 Å². The fraction of sp³-hybridized carbons (Fsp3) is 0.111. The van der Waals surface area contributed by atoms with Crippen LogP contribution in [0.2, 0.25) is 0 Å². The zero-order valence-electron chi connectivity index (χ0n) is 9.13. The Kier molecular flexibility index (Phi) is 3.74. The van der Waals surface area contributed by atoms with Crippen LogP contribution < -0.4 is 4.72 Å². The number of para-hydroxylation sites is 1. The summed E-state index contributed by atoms with van der Waals surface area (Å²) in [5, 5.41) is 7.25. The van der Waals surface area contributed by atoms with Crippen LogP contribution in [0, 0.1) is 0 Å². The number of anilines is 1. The van der Waals surface area contributed by atoms with Gasteiger partial charge in [-0.1, -0.05) is 17.3 Å². The van der Waals surface area contributed by atoms with Crippen LogP contribution in [-0.4, -0.2) is 23.4 Å². The lowest BCUT2D eigenvalue weighted by Gasteiger charge is -2.09. The van der Waals surface area contributed by atoms with Crippen molar-refractivity contribution in [1.29, 1.82) is 0 Å². The highest BCUT2D eigenvalue weighted by atomic mass is 79.9. The zero-order chi connectivity index (χ0) is 13.3. The molecule has 0 atom stereocenters. The molecule has 1 aromatic heterocycles. The molecule has 1 heterocycles. The number of hydrogen-bond donors (Lipinski definition) is 1. The Morgan fingerprint density at radius 1 is 1.28 bits per heavy atom. The van der Waals surface area contributed by atoms with Crippen LogP contribution in [0.15, 0.2) is 38.4 Å². The van der Waals surface area contributed by atoms with Gasteiger partial charge in [0.25, 0.3) is 10.0 Å². The molecule has 0 aliphatic heterocycles. The smallest absolute Gasteiger partial charge is 0.277 e. The fourth-order valence-electron chi connectivity index (χ4n) is 1.35. The normalized spacial score (nSPS) is 11.5. The summed E-state index contributed by atoms with van der Waals surface area (Å²) >= 11 is 6.33. The van der Waals surface area contributed by atoms with E-state index in [-0.39, 0.29) is 9.63 Å². The summed E-state index contributed by atoms with van der Waals surface area (Å²) in [6, 6.07) is 6.93. The predicted octanol–water partition coefficient (Wildman–Crippen LogP) is 2.14. The van der Waals surface area contributed by atoms with Crippen LogP contribution in [0.3, 0.4) is 0 Å². The number of nitrogens with zero attached hydrogens (tertiary/aromatic N) is 3. The molecule has 0 fully saturated rings. The lowest BCUT2D eigenvalue weighted by Crippen LogP contribution is -2.17. The first-order valence-corrected chi connectivity index (χ1v) is 7.81. The number of benzene rings is 1. The minimum absolute atomic E-state index is 0.0294. The zero-order valence-corrected chi connectivity index (χ0v) is 13.1. The molecule has 1 aromatic carbocycles. The molecule has 0 radical (unpaired) electrons. The molecule has 0 amide bonds. The maximum Gasteiger partial charge on any atom is 0.281 e. The fourth-order valence-corrected chi connectivity index (χ4v) is 4.04. The summed E-state index contributed by atoms with van der Waals surface area (Å²) in [5.74, 6) is 0. The van der Waals surface area contributed by atoms with Gasteiger partial charge in [0, 0.05) is 11.5 Å². The van der Waals surface area contributed by atoms with Gasteiger partial charge in [-0.2, -0.15) is 8.42 Å². The molecular weight excluding hydrogens is 388 g/mol. The lowest BCUT2D eigenvalue weighted by atomic mass is 10.3. The molecule has 0 aliphatic rings. The standard InChI is InChI=1S/C9H8Br2N4O2S/c1-15-9(8(11)12-14-15)18(16,17)13-7-5-3-2-4-6(7)10/h2-5,13H,1H3. The second-order valence-corrected chi connectivity index (χ2v) is 6.60. The average Bonchev–Trinajstić information content (AvgIpc) is 2.62. The molecule has 0 saturated carbocycles. The van der Waals surface area contributed by atoms with Gasteiger partial charge in [-0.3, -0.25) is 4.72 Å². The van der Waals surface area contributed by atoms with E-state index < -0.39 is 10.0 Å². The molecule has 0 aliphatic carbocycles. The van der Waals surface area contributed by atoms with E-state index in [0.717, 1.165) is 0 Å². The van der Waals surface area contributed by atoms with Gasteiger partial charge in [-0.15, -0.1) is 5.10 Å². The van der Waals surface area contributed by atoms with Gasteiger partial charge in [0.2, 0.25) is 5.03 Å². The SMILES string of the molecule is Cn1nnc(Br)c1S(=O)(=O)Nc1ccccc1Br. The van der Waals surface area contributed by atoms with Crippen molar-refractivity contribution in [3.63, 3.8) is 0 Å². The van der Waals surface area contributed by atoms with Crippen molar-refractivity contribution in [2.75, 3.05) is 4.72 Å². The van der Waals surface area contributed by atoms with E-state index in [4.69, 9.17) is 0 Å². The first-order chi connectivity index (χ1) is 8.42. The highest BCUT2D eigenvalue weighted by Gasteiger charge is 2.24. The van der Waals surface area contributed by atoms with Gasteiger partial charge in [-0.05, 0) is 44.0 Å². The van der Waals surface area contributed by atoms with Gasteiger partial charge in [0.05, 0.1) is 5.69 Å². The monoisotopic (exact) mass is 394 g/mol. The summed E-state index contributed by atoms with van der Waals surface area (Å²) in [6.45, 7) is 0. The lowest BCUT2D eigenvalue weighted by molar-refractivity contribution is 0.578. The van der Waals surface area contributed by atoms with Crippen molar-refractivity contribution >= 4 is 47.6 Å². The van der Waals surface area contributed by atoms with Crippen LogP contribution in [0.4, 0.5) is 5.69 Å². The molecule has 0 saturated heterocycles. The molecule has 96 valence electrons. The van der Waals surface area contributed by atoms with E-state index in [9.17, 15) is 8.42 Å². The third-order valence-corrected chi connectivity index (χ3v) is 5.05. The van der Waals surface area contributed by atoms with E-state index in [0.29, 0.717) is 10.2 Å². The van der Waals surface area contributed by atoms with Gasteiger partial charge in [0.15, 0.2) is 4.60 Å². The van der Waals surface area contributed by atoms with Gasteiger partial charge in [-0.25, -0.2) is 4.68 Å². The molecule has 0 spiro atoms. The number of aryl methyl sites for hydroxylation is 1. The van der Waals surface area contributed by atoms with E-state index in [2.05, 4.69) is 46.9 Å². The summed E-state index contributed by atoms with van der Waals surface area (Å²) in [5.41, 5.74) is 0.450. The van der Waals surface area contributed by atoms with Crippen molar-refractivity contribution in [2.24, 2.45) is 7.05 Å². The largest absolute Gasteiger partial charge is 0.281 e. The number of halogens is 2. The molecule has 2 aromatic rings. The Balaban J connectivity index is 2.43. The topological polar surface area (TPSA) is 76.9 Å². The average molecular weight is 396 g/mol. The molecule has 2 rings (SSSR count). The number of aromatic nitrogens is 3. The Hall–Kier alpha value is -0.930. The Morgan fingerprint density at radius 3 is 2.50 bits per heavy atom. The maximum absolute atomic E-state index is 12.2. The third-order valence-electron chi connectivity index (χ3n) is 2.11. The van der Waals surface area contributed by atoms with Crippen LogP contribution in [0.25, 0.3) is 0 Å². The molecule has 0 bridgehead atoms. The first-order valence-electron chi connectivity index (χ1n) is 4.74. The molecular formula is C9H8Br2N4O2S. The predicted molar refractivity (Wildman–Crippen MR) is 73.7 cm³/mol. The molecule has 0 unspecified atom stereocenters. The Morgan fingerprint density at radius 2 is 1.94 bits per heavy atom. The number of hydrogen-bond acceptors (Lipinski definition) is 4. The van der Waals surface area contributed by atoms with E-state index in [1.807, 2.05) is 0 Å². The molecule has 18 heavy (non-hydrogen) atoms. The van der Waals surface area contributed by atoms with E-state index >= 15 is 0 Å². The summed E-state index contributed by atoms with van der Waals surface area (Å²) < 4.78 is 28.9. The first kappa shape index (κ1) is 13.5. The van der Waals surface area contributed by atoms with Crippen molar-refractivity contribution in [3.8, 4) is 0 Å². The second kappa shape index (κ2) is 4.98. The number of sulfonamides is 1. The van der Waals surface area contributed by atoms with Crippen LogP contribution >= 0.6 is 31.9 Å². The minimum atomic E-state index is -3.74. The quantitative estimate of drug-likeness (QED) is 0.863. The van der Waals surface area contributed by atoms with E-state index in [1.165, 1.54) is 11.7 Å². The summed E-state index contributed by atoms with van der Waals surface area (Å²) in [6.07, 6.45) is 0. The number of nitrogens with one attached hydrogen (secondary N) is 1. The van der Waals surface area contributed by atoms with Crippen molar-refractivity contribution in [1.82, 2.24) is 15.0 Å². The maximum atomic E-state index is 12.2. The summed E-state index contributed by atoms with van der Waals surface area (Å²) in [4.78, 5) is 0.